The van der Waals surface area contributed by atoms with Crippen molar-refractivity contribution in [3.8, 4) is 0 Å². The third-order valence-electron chi connectivity index (χ3n) is 5.99. The lowest BCUT2D eigenvalue weighted by Gasteiger charge is -2.45. The molecule has 154 valence electrons. The molecule has 10 heteroatoms. The van der Waals surface area contributed by atoms with Crippen LogP contribution in [0.2, 0.25) is 0 Å². The van der Waals surface area contributed by atoms with Crippen LogP contribution in [0.3, 0.4) is 0 Å². The maximum atomic E-state index is 12.7. The fraction of sp³-hybridized carbons (Fsp3) is 0.350. The smallest absolute Gasteiger partial charge is 0.312 e. The van der Waals surface area contributed by atoms with Gasteiger partial charge in [-0.3, -0.25) is 25.0 Å². The van der Waals surface area contributed by atoms with Crippen molar-refractivity contribution < 1.29 is 24.3 Å². The van der Waals surface area contributed by atoms with E-state index in [1.54, 1.807) is 13.0 Å². The average molecular weight is 411 g/mol. The van der Waals surface area contributed by atoms with Crippen molar-refractivity contribution in [2.75, 3.05) is 0 Å². The molecule has 1 aromatic carbocycles. The summed E-state index contributed by atoms with van der Waals surface area (Å²) in [5.41, 5.74) is -0.717. The first kappa shape index (κ1) is 19.6. The molecule has 4 unspecified atom stereocenters. The third-order valence-corrected chi connectivity index (χ3v) is 5.99. The Bertz CT molecular complexity index is 1070. The zero-order chi connectivity index (χ0) is 21.6. The van der Waals surface area contributed by atoms with Crippen LogP contribution in [-0.4, -0.2) is 27.3 Å². The van der Waals surface area contributed by atoms with E-state index >= 15 is 0 Å². The second-order valence-corrected chi connectivity index (χ2v) is 7.64. The first-order valence-corrected chi connectivity index (χ1v) is 9.41. The summed E-state index contributed by atoms with van der Waals surface area (Å²) in [5.74, 6) is -1.25. The monoisotopic (exact) mass is 411 g/mol. The van der Waals surface area contributed by atoms with Crippen LogP contribution in [0.15, 0.2) is 47.2 Å². The molecule has 4 aliphatic carbocycles. The summed E-state index contributed by atoms with van der Waals surface area (Å²) in [6.45, 7) is 1.68. The van der Waals surface area contributed by atoms with Crippen LogP contribution in [0, 0.1) is 43.9 Å². The second kappa shape index (κ2) is 7.29. The summed E-state index contributed by atoms with van der Waals surface area (Å²) in [6.07, 6.45) is 7.55. The van der Waals surface area contributed by atoms with E-state index in [2.05, 4.69) is 17.3 Å². The number of Topliss-reactive ketones (excluding diaryl/α,β-unsaturated/α-hetero) is 1. The number of allylic oxidation sites excluding steroid dienone is 4. The van der Waals surface area contributed by atoms with E-state index in [9.17, 15) is 29.8 Å². The topological polar surface area (TPSA) is 142 Å². The van der Waals surface area contributed by atoms with Gasteiger partial charge in [0.05, 0.1) is 21.6 Å². The van der Waals surface area contributed by atoms with Crippen molar-refractivity contribution in [2.45, 2.75) is 19.8 Å². The Hall–Kier alpha value is -3.69. The maximum absolute atomic E-state index is 12.7. The Morgan fingerprint density at radius 1 is 1.10 bits per heavy atom. The molecule has 0 aromatic heterocycles. The van der Waals surface area contributed by atoms with E-state index in [-0.39, 0.29) is 29.5 Å². The normalized spacial score (nSPS) is 28.1. The van der Waals surface area contributed by atoms with E-state index in [1.165, 1.54) is 0 Å². The van der Waals surface area contributed by atoms with Crippen LogP contribution in [0.5, 0.6) is 0 Å². The number of non-ortho nitro benzene ring substituents is 1. The van der Waals surface area contributed by atoms with Gasteiger partial charge in [0.25, 0.3) is 11.4 Å². The van der Waals surface area contributed by atoms with Crippen LogP contribution < -0.4 is 0 Å². The molecule has 10 nitrogen and oxygen atoms in total. The van der Waals surface area contributed by atoms with Gasteiger partial charge in [-0.2, -0.15) is 0 Å². The molecular formula is C20H17N3O7. The van der Waals surface area contributed by atoms with Gasteiger partial charge in [-0.25, -0.2) is 4.79 Å². The highest BCUT2D eigenvalue weighted by Crippen LogP contribution is 2.48. The fourth-order valence-corrected chi connectivity index (χ4v) is 4.59. The molecule has 1 saturated carbocycles. The van der Waals surface area contributed by atoms with E-state index in [0.717, 1.165) is 25.0 Å². The summed E-state index contributed by atoms with van der Waals surface area (Å²) in [5, 5.41) is 26.0. The van der Waals surface area contributed by atoms with E-state index < -0.39 is 32.8 Å². The van der Waals surface area contributed by atoms with Gasteiger partial charge in [-0.05, 0) is 49.3 Å². The van der Waals surface area contributed by atoms with Crippen LogP contribution in [0.25, 0.3) is 0 Å². The number of fused-ring (bicyclic) bond motifs is 1. The average Bonchev–Trinajstić information content (AvgIpc) is 2.74. The van der Waals surface area contributed by atoms with Gasteiger partial charge < -0.3 is 4.84 Å². The molecule has 0 radical (unpaired) electrons. The van der Waals surface area contributed by atoms with Crippen molar-refractivity contribution in [3.05, 3.63) is 67.8 Å². The molecule has 5 rings (SSSR count). The molecule has 0 spiro atoms. The van der Waals surface area contributed by atoms with Gasteiger partial charge in [-0.1, -0.05) is 17.3 Å². The number of carbonyl (C=O) groups excluding carboxylic acids is 2. The lowest BCUT2D eigenvalue weighted by molar-refractivity contribution is -0.394. The highest BCUT2D eigenvalue weighted by Gasteiger charge is 2.48. The molecule has 0 heterocycles. The van der Waals surface area contributed by atoms with E-state index in [1.807, 2.05) is 0 Å². The standard InChI is InChI=1S/C20H17N3O7/c1-10-8-15(17-11-2-4-12(5-3-11)18(17)19(10)24)21-30-20(25)14-7-6-13(22(26)27)9-16(14)23(28)29/h2,4,6-9,11-12,17-18H,3,5H2,1H3/b21-15-. The predicted octanol–water partition coefficient (Wildman–Crippen LogP) is 3.37. The van der Waals surface area contributed by atoms with Crippen molar-refractivity contribution in [1.29, 1.82) is 0 Å². The van der Waals surface area contributed by atoms with Crippen molar-refractivity contribution >= 4 is 28.8 Å². The zero-order valence-corrected chi connectivity index (χ0v) is 15.9. The van der Waals surface area contributed by atoms with Crippen LogP contribution >= 0.6 is 0 Å². The first-order valence-electron chi connectivity index (χ1n) is 9.41. The van der Waals surface area contributed by atoms with E-state index in [4.69, 9.17) is 4.84 Å². The molecule has 0 aliphatic heterocycles. The highest BCUT2D eigenvalue weighted by molar-refractivity contribution is 6.13. The summed E-state index contributed by atoms with van der Waals surface area (Å²) >= 11 is 0. The van der Waals surface area contributed by atoms with Gasteiger partial charge in [0.2, 0.25) is 0 Å². The molecule has 0 N–H and O–H groups in total. The highest BCUT2D eigenvalue weighted by atomic mass is 16.7. The summed E-state index contributed by atoms with van der Waals surface area (Å²) in [7, 11) is 0. The first-order chi connectivity index (χ1) is 14.3. The summed E-state index contributed by atoms with van der Waals surface area (Å²) in [6, 6.07) is 2.66. The van der Waals surface area contributed by atoms with Crippen LogP contribution in [0.1, 0.15) is 30.1 Å². The molecule has 0 amide bonds. The Kier molecular flexibility index (Phi) is 4.76. The van der Waals surface area contributed by atoms with Crippen molar-refractivity contribution in [3.63, 3.8) is 0 Å². The fourth-order valence-electron chi connectivity index (χ4n) is 4.59. The van der Waals surface area contributed by atoms with Crippen LogP contribution in [-0.2, 0) is 9.63 Å². The minimum absolute atomic E-state index is 0.0651. The predicted molar refractivity (Wildman–Crippen MR) is 104 cm³/mol. The minimum atomic E-state index is -1.10. The number of carbonyl (C=O) groups is 2. The molecule has 1 fully saturated rings. The van der Waals surface area contributed by atoms with E-state index in [0.29, 0.717) is 17.4 Å². The lowest BCUT2D eigenvalue weighted by atomic mass is 9.57. The Labute approximate surface area is 170 Å². The third kappa shape index (κ3) is 3.19. The molecule has 1 aromatic rings. The number of hydrogen-bond acceptors (Lipinski definition) is 8. The number of nitro benzene ring substituents is 2. The largest absolute Gasteiger partial charge is 0.372 e. The Morgan fingerprint density at radius 2 is 1.77 bits per heavy atom. The molecular weight excluding hydrogens is 394 g/mol. The molecule has 0 saturated heterocycles. The summed E-state index contributed by atoms with van der Waals surface area (Å²) in [4.78, 5) is 50.5. The Balaban J connectivity index is 1.64. The van der Waals surface area contributed by atoms with Gasteiger partial charge in [0.15, 0.2) is 5.78 Å². The summed E-state index contributed by atoms with van der Waals surface area (Å²) < 4.78 is 0. The molecule has 4 atom stereocenters. The van der Waals surface area contributed by atoms with Crippen molar-refractivity contribution in [1.82, 2.24) is 0 Å². The molecule has 4 aliphatic rings. The van der Waals surface area contributed by atoms with Gasteiger partial charge in [0, 0.05) is 17.9 Å². The number of hydrogen-bond donors (Lipinski definition) is 0. The second-order valence-electron chi connectivity index (χ2n) is 7.64. The molecule has 30 heavy (non-hydrogen) atoms. The number of benzene rings is 1. The number of oxime groups is 1. The number of nitrogens with zero attached hydrogens (tertiary/aromatic N) is 3. The lowest BCUT2D eigenvalue weighted by Crippen LogP contribution is -2.47. The van der Waals surface area contributed by atoms with Crippen LogP contribution in [0.4, 0.5) is 11.4 Å². The number of nitro groups is 2. The maximum Gasteiger partial charge on any atom is 0.372 e. The van der Waals surface area contributed by atoms with Gasteiger partial charge in [-0.15, -0.1) is 0 Å². The Morgan fingerprint density at radius 3 is 2.37 bits per heavy atom. The number of ketones is 1. The minimum Gasteiger partial charge on any atom is -0.312 e. The SMILES string of the molecule is CC1=C/C(=N/OC(=O)c2ccc([N+](=O)[O-])cc2[N+](=O)[O-])C2C3C=CC(CC3)C2C1=O. The van der Waals surface area contributed by atoms with Crippen molar-refractivity contribution in [2.24, 2.45) is 28.8 Å². The zero-order valence-electron chi connectivity index (χ0n) is 15.9. The molecule has 2 bridgehead atoms. The quantitative estimate of drug-likeness (QED) is 0.320. The van der Waals surface area contributed by atoms with Gasteiger partial charge >= 0.3 is 5.97 Å². The number of rotatable bonds is 4. The van der Waals surface area contributed by atoms with Gasteiger partial charge in [0.1, 0.15) is 5.56 Å².